The normalized spacial score (nSPS) is 13.4. The summed E-state index contributed by atoms with van der Waals surface area (Å²) in [6, 6.07) is 4.87. The molecule has 0 saturated heterocycles. The Morgan fingerprint density at radius 3 is 2.62 bits per heavy atom. The van der Waals surface area contributed by atoms with E-state index in [0.29, 0.717) is 4.47 Å². The molecule has 1 aromatic rings. The molecule has 1 unspecified atom stereocenters. The lowest BCUT2D eigenvalue weighted by molar-refractivity contribution is -0.138. The first-order valence-corrected chi connectivity index (χ1v) is 6.61. The molecule has 0 aromatic heterocycles. The number of carboxylic acid groups (broad SMARTS) is 1. The van der Waals surface area contributed by atoms with E-state index in [1.807, 2.05) is 0 Å². The third-order valence-corrected chi connectivity index (χ3v) is 3.84. The largest absolute Gasteiger partial charge is 0.480 e. The van der Waals surface area contributed by atoms with Crippen molar-refractivity contribution in [1.82, 2.24) is 4.72 Å². The SMILES string of the molecule is CC(NS(=O)(=O)c1cccc(Br)c1)C(=O)O. The number of halogens is 1. The van der Waals surface area contributed by atoms with Crippen LogP contribution in [0.25, 0.3) is 0 Å². The lowest BCUT2D eigenvalue weighted by atomic mass is 10.4. The molecule has 0 saturated carbocycles. The highest BCUT2D eigenvalue weighted by Gasteiger charge is 2.21. The van der Waals surface area contributed by atoms with Gasteiger partial charge in [0.1, 0.15) is 6.04 Å². The average Bonchev–Trinajstić information content (AvgIpc) is 2.17. The lowest BCUT2D eigenvalue weighted by Crippen LogP contribution is -2.38. The summed E-state index contributed by atoms with van der Waals surface area (Å²) < 4.78 is 26.1. The van der Waals surface area contributed by atoms with Gasteiger partial charge in [0, 0.05) is 4.47 Å². The van der Waals surface area contributed by atoms with Crippen LogP contribution in [0.4, 0.5) is 0 Å². The Bertz CT molecular complexity index is 500. The van der Waals surface area contributed by atoms with Gasteiger partial charge in [-0.15, -0.1) is 0 Å². The number of hydrogen-bond acceptors (Lipinski definition) is 3. The smallest absolute Gasteiger partial charge is 0.321 e. The van der Waals surface area contributed by atoms with E-state index in [4.69, 9.17) is 5.11 Å². The number of sulfonamides is 1. The summed E-state index contributed by atoms with van der Waals surface area (Å²) >= 11 is 3.14. The molecule has 1 aromatic carbocycles. The highest BCUT2D eigenvalue weighted by Crippen LogP contribution is 2.16. The summed E-state index contributed by atoms with van der Waals surface area (Å²) in [6.07, 6.45) is 0. The summed E-state index contributed by atoms with van der Waals surface area (Å²) in [6.45, 7) is 1.26. The Morgan fingerprint density at radius 1 is 1.50 bits per heavy atom. The van der Waals surface area contributed by atoms with Crippen molar-refractivity contribution in [2.24, 2.45) is 0 Å². The molecule has 16 heavy (non-hydrogen) atoms. The number of rotatable bonds is 4. The molecule has 1 atom stereocenters. The van der Waals surface area contributed by atoms with E-state index in [9.17, 15) is 13.2 Å². The molecule has 88 valence electrons. The van der Waals surface area contributed by atoms with E-state index >= 15 is 0 Å². The van der Waals surface area contributed by atoms with Crippen molar-refractivity contribution in [2.75, 3.05) is 0 Å². The summed E-state index contributed by atoms with van der Waals surface area (Å²) in [5.41, 5.74) is 0. The van der Waals surface area contributed by atoms with Gasteiger partial charge in [-0.25, -0.2) is 8.42 Å². The minimum atomic E-state index is -3.79. The quantitative estimate of drug-likeness (QED) is 0.875. The van der Waals surface area contributed by atoms with Crippen molar-refractivity contribution in [3.63, 3.8) is 0 Å². The number of nitrogens with one attached hydrogen (secondary N) is 1. The monoisotopic (exact) mass is 307 g/mol. The molecule has 1 rings (SSSR count). The van der Waals surface area contributed by atoms with Gasteiger partial charge in [0.15, 0.2) is 0 Å². The molecule has 7 heteroatoms. The van der Waals surface area contributed by atoms with Gasteiger partial charge in [-0.05, 0) is 25.1 Å². The third-order valence-electron chi connectivity index (χ3n) is 1.81. The summed E-state index contributed by atoms with van der Waals surface area (Å²) in [4.78, 5) is 10.6. The topological polar surface area (TPSA) is 83.5 Å². The lowest BCUT2D eigenvalue weighted by Gasteiger charge is -2.10. The second kappa shape index (κ2) is 4.94. The molecule has 0 fully saturated rings. The van der Waals surface area contributed by atoms with Crippen LogP contribution < -0.4 is 4.72 Å². The van der Waals surface area contributed by atoms with Crippen molar-refractivity contribution in [3.8, 4) is 0 Å². The fourth-order valence-electron chi connectivity index (χ4n) is 0.985. The number of aliphatic carboxylic acids is 1. The minimum absolute atomic E-state index is 0.0231. The highest BCUT2D eigenvalue weighted by molar-refractivity contribution is 9.10. The van der Waals surface area contributed by atoms with Crippen LogP contribution in [0.1, 0.15) is 6.92 Å². The highest BCUT2D eigenvalue weighted by atomic mass is 79.9. The van der Waals surface area contributed by atoms with Gasteiger partial charge >= 0.3 is 5.97 Å². The molecule has 0 amide bonds. The fraction of sp³-hybridized carbons (Fsp3) is 0.222. The third kappa shape index (κ3) is 3.29. The zero-order chi connectivity index (χ0) is 12.3. The van der Waals surface area contributed by atoms with E-state index in [1.54, 1.807) is 12.1 Å². The van der Waals surface area contributed by atoms with E-state index in [0.717, 1.165) is 0 Å². The Kier molecular flexibility index (Phi) is 4.06. The maximum absolute atomic E-state index is 11.7. The van der Waals surface area contributed by atoms with Crippen molar-refractivity contribution in [2.45, 2.75) is 17.9 Å². The molecule has 0 radical (unpaired) electrons. The Hall–Kier alpha value is -0.920. The van der Waals surface area contributed by atoms with E-state index in [1.165, 1.54) is 19.1 Å². The molecule has 2 N–H and O–H groups in total. The molecule has 0 aliphatic heterocycles. The van der Waals surface area contributed by atoms with Crippen LogP contribution in [0.3, 0.4) is 0 Å². The molecule has 0 spiro atoms. The molecular formula is C9H10BrNO4S. The molecule has 0 aliphatic carbocycles. The van der Waals surface area contributed by atoms with E-state index in [-0.39, 0.29) is 4.90 Å². The van der Waals surface area contributed by atoms with Crippen LogP contribution in [0.5, 0.6) is 0 Å². The number of carbonyl (C=O) groups is 1. The van der Waals surface area contributed by atoms with Gasteiger partial charge in [0.25, 0.3) is 0 Å². The first kappa shape index (κ1) is 13.1. The van der Waals surface area contributed by atoms with Crippen molar-refractivity contribution in [1.29, 1.82) is 0 Å². The first-order valence-electron chi connectivity index (χ1n) is 4.33. The van der Waals surface area contributed by atoms with Crippen molar-refractivity contribution in [3.05, 3.63) is 28.7 Å². The number of hydrogen-bond donors (Lipinski definition) is 2. The summed E-state index contributed by atoms with van der Waals surface area (Å²) in [5, 5.41) is 8.61. The maximum Gasteiger partial charge on any atom is 0.321 e. The van der Waals surface area contributed by atoms with Crippen LogP contribution in [-0.2, 0) is 14.8 Å². The molecule has 0 bridgehead atoms. The van der Waals surface area contributed by atoms with Gasteiger partial charge in [-0.1, -0.05) is 22.0 Å². The Labute approximate surface area is 102 Å². The predicted octanol–water partition coefficient (Wildman–Crippen LogP) is 1.20. The Morgan fingerprint density at radius 2 is 2.12 bits per heavy atom. The molecule has 0 heterocycles. The standard InChI is InChI=1S/C9H10BrNO4S/c1-6(9(12)13)11-16(14,15)8-4-2-3-7(10)5-8/h2-6,11H,1H3,(H,12,13). The predicted molar refractivity (Wildman–Crippen MR) is 61.6 cm³/mol. The maximum atomic E-state index is 11.7. The zero-order valence-corrected chi connectivity index (χ0v) is 10.7. The second-order valence-electron chi connectivity index (χ2n) is 3.14. The van der Waals surface area contributed by atoms with Gasteiger partial charge in [0.2, 0.25) is 10.0 Å². The van der Waals surface area contributed by atoms with Crippen LogP contribution >= 0.6 is 15.9 Å². The minimum Gasteiger partial charge on any atom is -0.480 e. The summed E-state index contributed by atoms with van der Waals surface area (Å²) in [7, 11) is -3.79. The second-order valence-corrected chi connectivity index (χ2v) is 5.77. The van der Waals surface area contributed by atoms with Crippen LogP contribution in [0, 0.1) is 0 Å². The van der Waals surface area contributed by atoms with Crippen molar-refractivity contribution < 1.29 is 18.3 Å². The fourth-order valence-corrected chi connectivity index (χ4v) is 2.78. The molecular weight excluding hydrogens is 298 g/mol. The van der Waals surface area contributed by atoms with Gasteiger partial charge in [-0.2, -0.15) is 4.72 Å². The van der Waals surface area contributed by atoms with Gasteiger partial charge < -0.3 is 5.11 Å². The van der Waals surface area contributed by atoms with Crippen LogP contribution in [0.2, 0.25) is 0 Å². The van der Waals surface area contributed by atoms with E-state index < -0.39 is 22.0 Å². The molecule has 5 nitrogen and oxygen atoms in total. The average molecular weight is 308 g/mol. The van der Waals surface area contributed by atoms with Crippen LogP contribution in [-0.4, -0.2) is 25.5 Å². The Balaban J connectivity index is 2.99. The zero-order valence-electron chi connectivity index (χ0n) is 8.34. The number of carboxylic acids is 1. The molecule has 0 aliphatic rings. The van der Waals surface area contributed by atoms with Gasteiger partial charge in [0.05, 0.1) is 4.90 Å². The van der Waals surface area contributed by atoms with E-state index in [2.05, 4.69) is 20.7 Å². The van der Waals surface area contributed by atoms with Gasteiger partial charge in [-0.3, -0.25) is 4.79 Å². The number of benzene rings is 1. The van der Waals surface area contributed by atoms with Crippen molar-refractivity contribution >= 4 is 31.9 Å². The first-order chi connectivity index (χ1) is 7.33. The summed E-state index contributed by atoms with van der Waals surface area (Å²) in [5.74, 6) is -1.22. The van der Waals surface area contributed by atoms with Crippen LogP contribution in [0.15, 0.2) is 33.6 Å².